The summed E-state index contributed by atoms with van der Waals surface area (Å²) in [4.78, 5) is 12.3. The second-order valence-electron chi connectivity index (χ2n) is 6.13. The number of halogens is 2. The average molecular weight is 368 g/mol. The van der Waals surface area contributed by atoms with E-state index in [4.69, 9.17) is 16.3 Å². The van der Waals surface area contributed by atoms with Gasteiger partial charge in [-0.3, -0.25) is 4.79 Å². The fraction of sp³-hybridized carbons (Fsp3) is 0.190. The van der Waals surface area contributed by atoms with Crippen LogP contribution in [0.4, 0.5) is 4.39 Å². The first-order chi connectivity index (χ1) is 12.6. The van der Waals surface area contributed by atoms with Crippen LogP contribution in [0.25, 0.3) is 10.9 Å². The summed E-state index contributed by atoms with van der Waals surface area (Å²) in [5.74, 6) is 6.34. The molecule has 0 N–H and O–H groups in total. The monoisotopic (exact) mass is 367 g/mol. The molecule has 0 radical (unpaired) electrons. The van der Waals surface area contributed by atoms with Crippen LogP contribution in [0.3, 0.4) is 0 Å². The van der Waals surface area contributed by atoms with Gasteiger partial charge in [-0.1, -0.05) is 23.4 Å². The van der Waals surface area contributed by atoms with Crippen LogP contribution in [0.2, 0.25) is 5.02 Å². The molecule has 4 rings (SSSR count). The van der Waals surface area contributed by atoms with Crippen molar-refractivity contribution in [3.8, 4) is 17.6 Å². The lowest BCUT2D eigenvalue weighted by Gasteiger charge is -2.19. The summed E-state index contributed by atoms with van der Waals surface area (Å²) in [5, 5.41) is 1.29. The second kappa shape index (κ2) is 6.86. The molecule has 130 valence electrons. The van der Waals surface area contributed by atoms with Gasteiger partial charge in [0.1, 0.15) is 5.82 Å². The van der Waals surface area contributed by atoms with Crippen molar-refractivity contribution in [2.24, 2.45) is 0 Å². The van der Waals surface area contributed by atoms with E-state index >= 15 is 0 Å². The molecule has 0 amide bonds. The highest BCUT2D eigenvalue weighted by Crippen LogP contribution is 2.35. The second-order valence-corrected chi connectivity index (χ2v) is 6.54. The normalized spacial score (nSPS) is 13.3. The first-order valence-corrected chi connectivity index (χ1v) is 8.78. The summed E-state index contributed by atoms with van der Waals surface area (Å²) >= 11 is 6.45. The summed E-state index contributed by atoms with van der Waals surface area (Å²) in [5.41, 5.74) is 1.91. The Bertz CT molecular complexity index is 1110. The Hall–Kier alpha value is -2.77. The maximum atomic E-state index is 13.1. The molecule has 3 aromatic rings. The number of ether oxygens (including phenoxy) is 1. The maximum Gasteiger partial charge on any atom is 0.251 e. The number of rotatable bonds is 0. The van der Waals surface area contributed by atoms with Crippen LogP contribution < -0.4 is 10.3 Å². The van der Waals surface area contributed by atoms with Gasteiger partial charge in [-0.05, 0) is 49.2 Å². The SMILES string of the molecule is O=c1ccc2c(Cl)cc(C#Cc3ccc(F)cc3)c3c2n1CCCCO3. The predicted octanol–water partition coefficient (Wildman–Crippen LogP) is 4.37. The first kappa shape index (κ1) is 16.7. The third kappa shape index (κ3) is 3.07. The van der Waals surface area contributed by atoms with E-state index in [2.05, 4.69) is 11.8 Å². The largest absolute Gasteiger partial charge is 0.490 e. The van der Waals surface area contributed by atoms with Gasteiger partial charge >= 0.3 is 0 Å². The summed E-state index contributed by atoms with van der Waals surface area (Å²) in [6, 6.07) is 11.0. The van der Waals surface area contributed by atoms with E-state index in [9.17, 15) is 9.18 Å². The highest BCUT2D eigenvalue weighted by Gasteiger charge is 2.18. The minimum absolute atomic E-state index is 0.0797. The minimum Gasteiger partial charge on any atom is -0.490 e. The topological polar surface area (TPSA) is 31.2 Å². The van der Waals surface area contributed by atoms with Crippen LogP contribution in [-0.2, 0) is 6.54 Å². The van der Waals surface area contributed by atoms with Crippen molar-refractivity contribution >= 4 is 22.5 Å². The summed E-state index contributed by atoms with van der Waals surface area (Å²) in [6.07, 6.45) is 1.72. The Morgan fingerprint density at radius 3 is 2.69 bits per heavy atom. The van der Waals surface area contributed by atoms with E-state index in [1.54, 1.807) is 28.8 Å². The lowest BCUT2D eigenvalue weighted by atomic mass is 10.1. The highest BCUT2D eigenvalue weighted by atomic mass is 35.5. The molecule has 0 fully saturated rings. The highest BCUT2D eigenvalue weighted by molar-refractivity contribution is 6.35. The Balaban J connectivity index is 1.95. The Labute approximate surface area is 155 Å². The van der Waals surface area contributed by atoms with Crippen LogP contribution in [0, 0.1) is 17.7 Å². The number of pyridine rings is 1. The number of aromatic nitrogens is 1. The molecule has 0 saturated heterocycles. The first-order valence-electron chi connectivity index (χ1n) is 8.40. The third-order valence-corrected chi connectivity index (χ3v) is 4.69. The summed E-state index contributed by atoms with van der Waals surface area (Å²) < 4.78 is 20.7. The van der Waals surface area contributed by atoms with Crippen LogP contribution in [0.1, 0.15) is 24.0 Å². The Morgan fingerprint density at radius 2 is 1.88 bits per heavy atom. The van der Waals surface area contributed by atoms with Crippen LogP contribution >= 0.6 is 11.6 Å². The van der Waals surface area contributed by atoms with Crippen LogP contribution in [0.15, 0.2) is 47.3 Å². The molecular weight excluding hydrogens is 353 g/mol. The van der Waals surface area contributed by atoms with E-state index in [1.807, 2.05) is 0 Å². The van der Waals surface area contributed by atoms with Crippen molar-refractivity contribution in [1.82, 2.24) is 4.57 Å². The molecule has 2 heterocycles. The zero-order valence-corrected chi connectivity index (χ0v) is 14.6. The fourth-order valence-electron chi connectivity index (χ4n) is 3.09. The molecule has 1 aromatic heterocycles. The van der Waals surface area contributed by atoms with Crippen molar-refractivity contribution in [3.05, 3.63) is 74.8 Å². The van der Waals surface area contributed by atoms with E-state index in [0.29, 0.717) is 40.6 Å². The Morgan fingerprint density at radius 1 is 1.08 bits per heavy atom. The van der Waals surface area contributed by atoms with Crippen molar-refractivity contribution in [2.75, 3.05) is 6.61 Å². The lowest BCUT2D eigenvalue weighted by Crippen LogP contribution is -2.22. The summed E-state index contributed by atoms with van der Waals surface area (Å²) in [6.45, 7) is 1.18. The van der Waals surface area contributed by atoms with Gasteiger partial charge in [0.25, 0.3) is 5.56 Å². The standard InChI is InChI=1S/C21H15ClFNO2/c22-18-13-15(6-3-14-4-7-16(23)8-5-14)21-20-17(18)9-10-19(25)24(20)11-1-2-12-26-21/h4-5,7-10,13H,1-2,11-12H2. The molecule has 5 heteroatoms. The molecule has 1 aliphatic rings. The number of hydrogen-bond donors (Lipinski definition) is 0. The Kier molecular flexibility index (Phi) is 4.40. The van der Waals surface area contributed by atoms with Gasteiger partial charge in [-0.15, -0.1) is 0 Å². The zero-order valence-electron chi connectivity index (χ0n) is 13.9. The van der Waals surface area contributed by atoms with Crippen LogP contribution in [-0.4, -0.2) is 11.2 Å². The van der Waals surface area contributed by atoms with Gasteiger partial charge in [0.15, 0.2) is 5.75 Å². The van der Waals surface area contributed by atoms with Gasteiger partial charge in [-0.2, -0.15) is 0 Å². The van der Waals surface area contributed by atoms with E-state index < -0.39 is 0 Å². The molecule has 2 aromatic carbocycles. The number of benzene rings is 2. The molecule has 0 spiro atoms. The van der Waals surface area contributed by atoms with E-state index in [1.165, 1.54) is 18.2 Å². The van der Waals surface area contributed by atoms with Gasteiger partial charge in [0.05, 0.1) is 22.7 Å². The van der Waals surface area contributed by atoms with Crippen molar-refractivity contribution in [3.63, 3.8) is 0 Å². The molecule has 0 atom stereocenters. The molecule has 26 heavy (non-hydrogen) atoms. The number of nitrogens with zero attached hydrogens (tertiary/aromatic N) is 1. The van der Waals surface area contributed by atoms with Crippen molar-refractivity contribution in [2.45, 2.75) is 19.4 Å². The van der Waals surface area contributed by atoms with E-state index in [0.717, 1.165) is 18.2 Å². The predicted molar refractivity (Wildman–Crippen MR) is 100 cm³/mol. The maximum absolute atomic E-state index is 13.1. The molecular formula is C21H15ClFNO2. The molecule has 0 aliphatic carbocycles. The van der Waals surface area contributed by atoms with Gasteiger partial charge in [-0.25, -0.2) is 4.39 Å². The van der Waals surface area contributed by atoms with Gasteiger partial charge < -0.3 is 9.30 Å². The third-order valence-electron chi connectivity index (χ3n) is 4.38. The fourth-order valence-corrected chi connectivity index (χ4v) is 3.36. The zero-order chi connectivity index (χ0) is 18.1. The molecule has 1 aliphatic heterocycles. The average Bonchev–Trinajstić information content (AvgIpc) is 2.61. The van der Waals surface area contributed by atoms with E-state index in [-0.39, 0.29) is 11.4 Å². The van der Waals surface area contributed by atoms with Gasteiger partial charge in [0.2, 0.25) is 0 Å². The molecule has 0 bridgehead atoms. The lowest BCUT2D eigenvalue weighted by molar-refractivity contribution is 0.297. The number of hydrogen-bond acceptors (Lipinski definition) is 2. The minimum atomic E-state index is -0.306. The number of aryl methyl sites for hydroxylation is 1. The quantitative estimate of drug-likeness (QED) is 0.553. The van der Waals surface area contributed by atoms with Crippen molar-refractivity contribution < 1.29 is 9.13 Å². The summed E-state index contributed by atoms with van der Waals surface area (Å²) in [7, 11) is 0. The molecule has 0 saturated carbocycles. The smallest absolute Gasteiger partial charge is 0.251 e. The van der Waals surface area contributed by atoms with Crippen LogP contribution in [0.5, 0.6) is 5.75 Å². The molecule has 0 unspecified atom stereocenters. The van der Waals surface area contributed by atoms with Gasteiger partial charge in [0, 0.05) is 23.6 Å². The van der Waals surface area contributed by atoms with Crippen molar-refractivity contribution in [1.29, 1.82) is 0 Å². The molecule has 3 nitrogen and oxygen atoms in total.